The molecule has 1 rings (SSSR count). The lowest BCUT2D eigenvalue weighted by molar-refractivity contribution is 0.0260. The first-order chi connectivity index (χ1) is 7.80. The van der Waals surface area contributed by atoms with Crippen LogP contribution in [0, 0.1) is 5.92 Å². The summed E-state index contributed by atoms with van der Waals surface area (Å²) in [4.78, 5) is 0. The van der Waals surface area contributed by atoms with Crippen LogP contribution in [0.4, 0.5) is 0 Å². The third-order valence-corrected chi connectivity index (χ3v) is 3.68. The molecule has 3 heteroatoms. The zero-order valence-corrected chi connectivity index (χ0v) is 11.0. The molecule has 1 saturated carbocycles. The molecule has 0 heterocycles. The van der Waals surface area contributed by atoms with E-state index in [1.807, 2.05) is 0 Å². The van der Waals surface area contributed by atoms with Crippen molar-refractivity contribution in [1.82, 2.24) is 5.32 Å². The molecule has 16 heavy (non-hydrogen) atoms. The summed E-state index contributed by atoms with van der Waals surface area (Å²) in [6, 6.07) is 0.688. The minimum atomic E-state index is 0.187. The van der Waals surface area contributed by atoms with Crippen molar-refractivity contribution in [3.63, 3.8) is 0 Å². The summed E-state index contributed by atoms with van der Waals surface area (Å²) in [7, 11) is 3.47. The Kier molecular flexibility index (Phi) is 7.01. The second kappa shape index (κ2) is 8.04. The van der Waals surface area contributed by atoms with E-state index >= 15 is 0 Å². The topological polar surface area (TPSA) is 30.5 Å². The van der Waals surface area contributed by atoms with E-state index in [-0.39, 0.29) is 6.10 Å². The van der Waals surface area contributed by atoms with Gasteiger partial charge in [-0.3, -0.25) is 0 Å². The third kappa shape index (κ3) is 4.81. The Labute approximate surface area is 99.9 Å². The molecule has 0 aromatic heterocycles. The van der Waals surface area contributed by atoms with E-state index in [1.165, 1.54) is 32.1 Å². The molecule has 0 saturated heterocycles. The second-order valence-corrected chi connectivity index (χ2v) is 4.86. The van der Waals surface area contributed by atoms with E-state index in [0.29, 0.717) is 12.6 Å². The highest BCUT2D eigenvalue weighted by molar-refractivity contribution is 4.78. The van der Waals surface area contributed by atoms with E-state index in [4.69, 9.17) is 9.47 Å². The van der Waals surface area contributed by atoms with Gasteiger partial charge in [-0.15, -0.1) is 0 Å². The van der Waals surface area contributed by atoms with E-state index in [0.717, 1.165) is 12.5 Å². The van der Waals surface area contributed by atoms with E-state index in [9.17, 15) is 0 Å². The van der Waals surface area contributed by atoms with Crippen LogP contribution in [0.15, 0.2) is 0 Å². The predicted octanol–water partition coefficient (Wildman–Crippen LogP) is 2.21. The minimum absolute atomic E-state index is 0.187. The molecular weight excluding hydrogens is 202 g/mol. The maximum Gasteiger partial charge on any atom is 0.0928 e. The molecule has 96 valence electrons. The first kappa shape index (κ1) is 13.9. The molecule has 3 atom stereocenters. The number of ether oxygens (including phenoxy) is 2. The van der Waals surface area contributed by atoms with Gasteiger partial charge >= 0.3 is 0 Å². The standard InChI is InChI=1S/C13H27NO2/c1-4-11-6-5-7-12(8-11)14-9-13(16-3)10-15-2/h11-14H,4-10H2,1-3H3. The lowest BCUT2D eigenvalue weighted by atomic mass is 9.84. The van der Waals surface area contributed by atoms with E-state index in [1.54, 1.807) is 14.2 Å². The zero-order valence-electron chi connectivity index (χ0n) is 11.0. The summed E-state index contributed by atoms with van der Waals surface area (Å²) in [5.41, 5.74) is 0. The van der Waals surface area contributed by atoms with Crippen LogP contribution >= 0.6 is 0 Å². The first-order valence-electron chi connectivity index (χ1n) is 6.55. The summed E-state index contributed by atoms with van der Waals surface area (Å²) in [6.07, 6.45) is 6.95. The van der Waals surface area contributed by atoms with Gasteiger partial charge in [0.1, 0.15) is 0 Å². The molecule has 0 spiro atoms. The molecule has 0 aromatic rings. The Hall–Kier alpha value is -0.120. The van der Waals surface area contributed by atoms with Gasteiger partial charge in [0.05, 0.1) is 12.7 Å². The zero-order chi connectivity index (χ0) is 11.8. The Morgan fingerprint density at radius 3 is 2.75 bits per heavy atom. The lowest BCUT2D eigenvalue weighted by Crippen LogP contribution is -2.40. The fourth-order valence-electron chi connectivity index (χ4n) is 2.54. The Morgan fingerprint density at radius 2 is 2.12 bits per heavy atom. The van der Waals surface area contributed by atoms with Crippen molar-refractivity contribution in [2.24, 2.45) is 5.92 Å². The molecule has 1 aliphatic carbocycles. The maximum absolute atomic E-state index is 5.35. The molecule has 0 radical (unpaired) electrons. The summed E-state index contributed by atoms with van der Waals surface area (Å²) in [5.74, 6) is 0.926. The van der Waals surface area contributed by atoms with Crippen LogP contribution in [0.2, 0.25) is 0 Å². The van der Waals surface area contributed by atoms with Crippen LogP contribution in [0.5, 0.6) is 0 Å². The molecule has 3 unspecified atom stereocenters. The van der Waals surface area contributed by atoms with Gasteiger partial charge in [0.15, 0.2) is 0 Å². The predicted molar refractivity (Wildman–Crippen MR) is 66.7 cm³/mol. The van der Waals surface area contributed by atoms with Gasteiger partial charge in [0, 0.05) is 26.8 Å². The number of methoxy groups -OCH3 is 2. The van der Waals surface area contributed by atoms with Crippen LogP contribution < -0.4 is 5.32 Å². The molecule has 1 fully saturated rings. The fraction of sp³-hybridized carbons (Fsp3) is 1.00. The van der Waals surface area contributed by atoms with Crippen molar-refractivity contribution in [1.29, 1.82) is 0 Å². The monoisotopic (exact) mass is 229 g/mol. The van der Waals surface area contributed by atoms with Gasteiger partial charge in [0.25, 0.3) is 0 Å². The SMILES string of the molecule is CCC1CCCC(NCC(COC)OC)C1. The third-order valence-electron chi connectivity index (χ3n) is 3.68. The normalized spacial score (nSPS) is 27.9. The molecular formula is C13H27NO2. The highest BCUT2D eigenvalue weighted by atomic mass is 16.5. The average molecular weight is 229 g/mol. The highest BCUT2D eigenvalue weighted by Gasteiger charge is 2.21. The Balaban J connectivity index is 2.20. The van der Waals surface area contributed by atoms with Crippen molar-refractivity contribution < 1.29 is 9.47 Å². The number of hydrogen-bond acceptors (Lipinski definition) is 3. The van der Waals surface area contributed by atoms with Gasteiger partial charge in [-0.2, -0.15) is 0 Å². The van der Waals surface area contributed by atoms with Crippen molar-refractivity contribution in [2.75, 3.05) is 27.4 Å². The van der Waals surface area contributed by atoms with Crippen molar-refractivity contribution in [3.05, 3.63) is 0 Å². The number of hydrogen-bond donors (Lipinski definition) is 1. The summed E-state index contributed by atoms with van der Waals surface area (Å²) in [5, 5.41) is 3.62. The second-order valence-electron chi connectivity index (χ2n) is 4.86. The van der Waals surface area contributed by atoms with Crippen molar-refractivity contribution >= 4 is 0 Å². The van der Waals surface area contributed by atoms with Crippen LogP contribution in [-0.2, 0) is 9.47 Å². The molecule has 0 aromatic carbocycles. The molecule has 0 amide bonds. The average Bonchev–Trinajstić information content (AvgIpc) is 2.34. The summed E-state index contributed by atoms with van der Waals surface area (Å²) >= 11 is 0. The fourth-order valence-corrected chi connectivity index (χ4v) is 2.54. The van der Waals surface area contributed by atoms with Crippen LogP contribution in [0.3, 0.4) is 0 Å². The smallest absolute Gasteiger partial charge is 0.0928 e. The van der Waals surface area contributed by atoms with Crippen molar-refractivity contribution in [2.45, 2.75) is 51.2 Å². The highest BCUT2D eigenvalue weighted by Crippen LogP contribution is 2.26. The Morgan fingerprint density at radius 1 is 1.31 bits per heavy atom. The van der Waals surface area contributed by atoms with E-state index in [2.05, 4.69) is 12.2 Å². The molecule has 1 aliphatic rings. The van der Waals surface area contributed by atoms with Crippen LogP contribution in [0.25, 0.3) is 0 Å². The number of rotatable bonds is 7. The minimum Gasteiger partial charge on any atom is -0.382 e. The van der Waals surface area contributed by atoms with E-state index < -0.39 is 0 Å². The quantitative estimate of drug-likeness (QED) is 0.726. The van der Waals surface area contributed by atoms with Gasteiger partial charge in [0.2, 0.25) is 0 Å². The summed E-state index contributed by atoms with van der Waals surface area (Å²) in [6.45, 7) is 3.88. The van der Waals surface area contributed by atoms with Gasteiger partial charge in [-0.25, -0.2) is 0 Å². The van der Waals surface area contributed by atoms with Gasteiger partial charge in [-0.1, -0.05) is 26.2 Å². The van der Waals surface area contributed by atoms with Gasteiger partial charge in [-0.05, 0) is 18.8 Å². The Bertz CT molecular complexity index is 175. The summed E-state index contributed by atoms with van der Waals surface area (Å²) < 4.78 is 10.5. The van der Waals surface area contributed by atoms with Crippen LogP contribution in [-0.4, -0.2) is 39.5 Å². The largest absolute Gasteiger partial charge is 0.382 e. The molecule has 3 nitrogen and oxygen atoms in total. The lowest BCUT2D eigenvalue weighted by Gasteiger charge is -2.30. The number of nitrogens with one attached hydrogen (secondary N) is 1. The first-order valence-corrected chi connectivity index (χ1v) is 6.55. The molecule has 0 bridgehead atoms. The van der Waals surface area contributed by atoms with Crippen LogP contribution in [0.1, 0.15) is 39.0 Å². The maximum atomic E-state index is 5.35. The molecule has 0 aliphatic heterocycles. The van der Waals surface area contributed by atoms with Crippen molar-refractivity contribution in [3.8, 4) is 0 Å². The molecule has 1 N–H and O–H groups in total. The van der Waals surface area contributed by atoms with Gasteiger partial charge < -0.3 is 14.8 Å².